The second-order valence-electron chi connectivity index (χ2n) is 5.91. The van der Waals surface area contributed by atoms with E-state index in [1.165, 1.54) is 0 Å². The minimum Gasteiger partial charge on any atom is -0.497 e. The first-order chi connectivity index (χ1) is 12.6. The Balaban J connectivity index is 1.81. The van der Waals surface area contributed by atoms with Gasteiger partial charge in [-0.25, -0.2) is 0 Å². The van der Waals surface area contributed by atoms with Gasteiger partial charge in [0.1, 0.15) is 11.9 Å². The van der Waals surface area contributed by atoms with Gasteiger partial charge in [-0.05, 0) is 41.5 Å². The Bertz CT molecular complexity index is 801. The molecule has 0 amide bonds. The molecule has 2 aromatic carbocycles. The van der Waals surface area contributed by atoms with Crippen molar-refractivity contribution in [3.63, 3.8) is 0 Å². The third-order valence-corrected chi connectivity index (χ3v) is 4.36. The molecule has 0 saturated carbocycles. The first kappa shape index (κ1) is 18.2. The monoisotopic (exact) mass is 358 g/mol. The van der Waals surface area contributed by atoms with E-state index in [-0.39, 0.29) is 11.9 Å². The number of hydrogen-bond acceptors (Lipinski definition) is 6. The van der Waals surface area contributed by atoms with Gasteiger partial charge in [0, 0.05) is 12.7 Å². The summed E-state index contributed by atoms with van der Waals surface area (Å²) in [5, 5.41) is 0. The molecule has 26 heavy (non-hydrogen) atoms. The highest BCUT2D eigenvalue weighted by Gasteiger charge is 2.47. The number of carbonyl (C=O) groups is 1. The summed E-state index contributed by atoms with van der Waals surface area (Å²) >= 11 is 0. The number of Topliss-reactive ketones (excluding diaryl/α,β-unsaturated/α-hetero) is 1. The number of benzene rings is 2. The molecule has 3 rings (SSSR count). The highest BCUT2D eigenvalue weighted by Crippen LogP contribution is 2.43. The molecular weight excluding hydrogens is 336 g/mol. The van der Waals surface area contributed by atoms with Crippen LogP contribution in [0.25, 0.3) is 0 Å². The van der Waals surface area contributed by atoms with E-state index in [4.69, 9.17) is 23.7 Å². The second kappa shape index (κ2) is 7.76. The highest BCUT2D eigenvalue weighted by molar-refractivity contribution is 6.02. The third kappa shape index (κ3) is 3.52. The molecule has 0 bridgehead atoms. The van der Waals surface area contributed by atoms with Crippen molar-refractivity contribution in [2.45, 2.75) is 18.8 Å². The van der Waals surface area contributed by atoms with Crippen LogP contribution in [-0.2, 0) is 16.1 Å². The van der Waals surface area contributed by atoms with Crippen molar-refractivity contribution in [1.82, 2.24) is 0 Å². The van der Waals surface area contributed by atoms with Crippen LogP contribution in [0.3, 0.4) is 0 Å². The minimum atomic E-state index is -0.517. The Labute approximate surface area is 152 Å². The van der Waals surface area contributed by atoms with E-state index in [1.807, 2.05) is 18.2 Å². The molecule has 1 fully saturated rings. The van der Waals surface area contributed by atoms with Crippen LogP contribution in [0.5, 0.6) is 17.2 Å². The van der Waals surface area contributed by atoms with Crippen molar-refractivity contribution in [2.75, 3.05) is 28.4 Å². The summed E-state index contributed by atoms with van der Waals surface area (Å²) in [6, 6.07) is 10.8. The zero-order valence-corrected chi connectivity index (χ0v) is 15.3. The lowest BCUT2D eigenvalue weighted by Crippen LogP contribution is -2.12. The normalized spacial score (nSPS) is 18.3. The molecule has 1 heterocycles. The van der Waals surface area contributed by atoms with Crippen molar-refractivity contribution >= 4 is 5.78 Å². The predicted octanol–water partition coefficient (Wildman–Crippen LogP) is 3.18. The Hall–Kier alpha value is -2.57. The average molecular weight is 358 g/mol. The smallest absolute Gasteiger partial charge is 0.195 e. The van der Waals surface area contributed by atoms with E-state index in [1.54, 1.807) is 46.6 Å². The van der Waals surface area contributed by atoms with Gasteiger partial charge in [-0.3, -0.25) is 4.79 Å². The topological polar surface area (TPSA) is 66.5 Å². The zero-order chi connectivity index (χ0) is 18.7. The van der Waals surface area contributed by atoms with E-state index in [2.05, 4.69) is 0 Å². The van der Waals surface area contributed by atoms with E-state index in [9.17, 15) is 4.79 Å². The number of rotatable bonds is 8. The van der Waals surface area contributed by atoms with Crippen LogP contribution in [0.4, 0.5) is 0 Å². The van der Waals surface area contributed by atoms with Gasteiger partial charge in [0.05, 0.1) is 27.9 Å². The fraction of sp³-hybridized carbons (Fsp3) is 0.350. The molecule has 1 aliphatic rings. The van der Waals surface area contributed by atoms with Crippen LogP contribution in [-0.4, -0.2) is 40.3 Å². The van der Waals surface area contributed by atoms with Gasteiger partial charge in [0.2, 0.25) is 0 Å². The number of ketones is 1. The standard InChI is InChI=1S/C20H22O6/c1-22-11-13-9-14(23-2)6-7-15(13)18(21)20-19(26-20)12-5-8-16(24-3)17(10-12)25-4/h5-10,19-20H,11H2,1-4H3/t19-,20-/m0/s1. The van der Waals surface area contributed by atoms with Gasteiger partial charge < -0.3 is 23.7 Å². The van der Waals surface area contributed by atoms with Crippen LogP contribution in [0, 0.1) is 0 Å². The maximum Gasteiger partial charge on any atom is 0.195 e. The average Bonchev–Trinajstić information content (AvgIpc) is 3.48. The number of carbonyl (C=O) groups excluding carboxylic acids is 1. The number of hydrogen-bond donors (Lipinski definition) is 0. The molecule has 0 radical (unpaired) electrons. The Morgan fingerprint density at radius 1 is 0.962 bits per heavy atom. The zero-order valence-electron chi connectivity index (χ0n) is 15.3. The molecule has 6 nitrogen and oxygen atoms in total. The molecule has 0 unspecified atom stereocenters. The van der Waals surface area contributed by atoms with Crippen LogP contribution in [0.2, 0.25) is 0 Å². The van der Waals surface area contributed by atoms with E-state index >= 15 is 0 Å². The van der Waals surface area contributed by atoms with E-state index < -0.39 is 6.10 Å². The Morgan fingerprint density at radius 2 is 1.73 bits per heavy atom. The van der Waals surface area contributed by atoms with Crippen molar-refractivity contribution in [3.05, 3.63) is 53.1 Å². The molecule has 138 valence electrons. The quantitative estimate of drug-likeness (QED) is 0.533. The Morgan fingerprint density at radius 3 is 2.38 bits per heavy atom. The molecule has 1 saturated heterocycles. The van der Waals surface area contributed by atoms with Gasteiger partial charge >= 0.3 is 0 Å². The predicted molar refractivity (Wildman–Crippen MR) is 95.2 cm³/mol. The summed E-state index contributed by atoms with van der Waals surface area (Å²) < 4.78 is 26.7. The molecule has 0 aromatic heterocycles. The number of ether oxygens (including phenoxy) is 5. The molecule has 0 spiro atoms. The molecule has 2 atom stereocenters. The van der Waals surface area contributed by atoms with Gasteiger partial charge in [0.15, 0.2) is 23.4 Å². The summed E-state index contributed by atoms with van der Waals surface area (Å²) in [5.41, 5.74) is 2.24. The summed E-state index contributed by atoms with van der Waals surface area (Å²) in [6.07, 6.45) is -0.808. The van der Waals surface area contributed by atoms with Crippen molar-refractivity contribution < 1.29 is 28.5 Å². The molecule has 0 aliphatic carbocycles. The van der Waals surface area contributed by atoms with E-state index in [0.29, 0.717) is 29.4 Å². The second-order valence-corrected chi connectivity index (χ2v) is 5.91. The van der Waals surface area contributed by atoms with Gasteiger partial charge in [0.25, 0.3) is 0 Å². The lowest BCUT2D eigenvalue weighted by molar-refractivity contribution is 0.0948. The molecule has 6 heteroatoms. The van der Waals surface area contributed by atoms with Gasteiger partial charge in [-0.15, -0.1) is 0 Å². The lowest BCUT2D eigenvalue weighted by Gasteiger charge is -2.10. The third-order valence-electron chi connectivity index (χ3n) is 4.36. The minimum absolute atomic E-state index is 0.0699. The van der Waals surface area contributed by atoms with Crippen molar-refractivity contribution in [3.8, 4) is 17.2 Å². The largest absolute Gasteiger partial charge is 0.497 e. The van der Waals surface area contributed by atoms with E-state index in [0.717, 1.165) is 11.1 Å². The first-order valence-electron chi connectivity index (χ1n) is 8.20. The summed E-state index contributed by atoms with van der Waals surface area (Å²) in [6.45, 7) is 0.325. The number of methoxy groups -OCH3 is 4. The van der Waals surface area contributed by atoms with Crippen LogP contribution in [0.1, 0.15) is 27.6 Å². The highest BCUT2D eigenvalue weighted by atomic mass is 16.6. The SMILES string of the molecule is COCc1cc(OC)ccc1C(=O)[C@@H]1O[C@H]1c1ccc(OC)c(OC)c1. The maximum absolute atomic E-state index is 12.9. The summed E-state index contributed by atoms with van der Waals surface area (Å²) in [5.74, 6) is 1.86. The molecular formula is C20H22O6. The number of epoxide rings is 1. The van der Waals surface area contributed by atoms with Crippen LogP contribution >= 0.6 is 0 Å². The molecule has 2 aromatic rings. The van der Waals surface area contributed by atoms with Gasteiger partial charge in [-0.2, -0.15) is 0 Å². The summed E-state index contributed by atoms with van der Waals surface area (Å²) in [4.78, 5) is 12.9. The lowest BCUT2D eigenvalue weighted by atomic mass is 9.98. The van der Waals surface area contributed by atoms with Crippen molar-refractivity contribution in [1.29, 1.82) is 0 Å². The molecule has 1 aliphatic heterocycles. The molecule has 0 N–H and O–H groups in total. The maximum atomic E-state index is 12.9. The first-order valence-corrected chi connectivity index (χ1v) is 8.20. The van der Waals surface area contributed by atoms with Crippen molar-refractivity contribution in [2.24, 2.45) is 0 Å². The fourth-order valence-corrected chi connectivity index (χ4v) is 2.96. The van der Waals surface area contributed by atoms with Crippen LogP contribution in [0.15, 0.2) is 36.4 Å². The fourth-order valence-electron chi connectivity index (χ4n) is 2.96. The van der Waals surface area contributed by atoms with Gasteiger partial charge in [-0.1, -0.05) is 6.07 Å². The Kier molecular flexibility index (Phi) is 5.44. The summed E-state index contributed by atoms with van der Waals surface area (Å²) in [7, 11) is 6.34. The van der Waals surface area contributed by atoms with Crippen LogP contribution < -0.4 is 14.2 Å².